The van der Waals surface area contributed by atoms with Crippen molar-refractivity contribution in [3.63, 3.8) is 0 Å². The van der Waals surface area contributed by atoms with Crippen molar-refractivity contribution in [2.24, 2.45) is 17.8 Å². The lowest BCUT2D eigenvalue weighted by Gasteiger charge is -2.44. The standard InChI is InChI=1S/C38H71NO6/c1-5-9-10-11-12-13-14-15-16-17-18-19-20-21-22-23-24-25-26-27-28-29-39(30-33(6-2)36(40)41,31-34(7-3)37(42)43)32-35(8-4)38(44)45/h21-22,33-35H,5-20,23-32H2,1-4H3,(H2-,40,41,42,43,44,45)/b22-21+. The third kappa shape index (κ3) is 22.3. The van der Waals surface area contributed by atoms with Crippen molar-refractivity contribution in [2.45, 2.75) is 169 Å². The van der Waals surface area contributed by atoms with Gasteiger partial charge in [0.2, 0.25) is 0 Å². The van der Waals surface area contributed by atoms with Gasteiger partial charge in [-0.25, -0.2) is 0 Å². The summed E-state index contributed by atoms with van der Waals surface area (Å²) in [5, 5.41) is 31.5. The molecule has 0 rings (SSSR count). The van der Waals surface area contributed by atoms with E-state index < -0.39 is 35.7 Å². The van der Waals surface area contributed by atoms with Crippen LogP contribution in [-0.2, 0) is 14.4 Å². The molecule has 0 spiro atoms. The molecule has 7 heteroatoms. The van der Waals surface area contributed by atoms with Gasteiger partial charge in [-0.2, -0.15) is 0 Å². The van der Waals surface area contributed by atoms with Crippen LogP contribution in [0.2, 0.25) is 0 Å². The van der Waals surface area contributed by atoms with E-state index in [0.717, 1.165) is 38.5 Å². The Morgan fingerprint density at radius 3 is 1.20 bits per heavy atom. The molecule has 0 aliphatic carbocycles. The number of carbonyl (C=O) groups excluding carboxylic acids is 1. The quantitative estimate of drug-likeness (QED) is 0.0422. The average Bonchev–Trinajstić information content (AvgIpc) is 3.01. The molecule has 0 saturated heterocycles. The molecule has 0 heterocycles. The fraction of sp³-hybridized carbons (Fsp3) is 0.868. The van der Waals surface area contributed by atoms with Crippen molar-refractivity contribution < 1.29 is 34.2 Å². The molecule has 0 aliphatic heterocycles. The minimum absolute atomic E-state index is 0.212. The van der Waals surface area contributed by atoms with Crippen molar-refractivity contribution in [1.29, 1.82) is 0 Å². The van der Waals surface area contributed by atoms with E-state index in [4.69, 9.17) is 0 Å². The third-order valence-electron chi connectivity index (χ3n) is 9.73. The Labute approximate surface area is 276 Å². The van der Waals surface area contributed by atoms with E-state index in [1.165, 1.54) is 83.5 Å². The van der Waals surface area contributed by atoms with Crippen LogP contribution in [0, 0.1) is 17.8 Å². The van der Waals surface area contributed by atoms with Gasteiger partial charge in [0.1, 0.15) is 11.8 Å². The number of rotatable bonds is 33. The second-order valence-corrected chi connectivity index (χ2v) is 13.6. The highest BCUT2D eigenvalue weighted by Crippen LogP contribution is 2.25. The highest BCUT2D eigenvalue weighted by Gasteiger charge is 2.39. The molecule has 264 valence electrons. The summed E-state index contributed by atoms with van der Waals surface area (Å²) >= 11 is 0. The number of carboxylic acids is 3. The fourth-order valence-electron chi connectivity index (χ4n) is 6.61. The van der Waals surface area contributed by atoms with Gasteiger partial charge in [0.05, 0.1) is 32.1 Å². The summed E-state index contributed by atoms with van der Waals surface area (Å²) in [5.74, 6) is -4.97. The summed E-state index contributed by atoms with van der Waals surface area (Å²) in [6, 6.07) is 0. The number of unbranched alkanes of at least 4 members (excludes halogenated alkanes) is 17. The average molecular weight is 638 g/mol. The molecular weight excluding hydrogens is 566 g/mol. The molecule has 3 atom stereocenters. The van der Waals surface area contributed by atoms with Crippen molar-refractivity contribution in [3.05, 3.63) is 12.2 Å². The zero-order chi connectivity index (χ0) is 33.8. The van der Waals surface area contributed by atoms with Crippen molar-refractivity contribution in [1.82, 2.24) is 0 Å². The number of hydrogen-bond acceptors (Lipinski definition) is 4. The molecule has 2 N–H and O–H groups in total. The van der Waals surface area contributed by atoms with Crippen LogP contribution in [0.15, 0.2) is 12.2 Å². The number of hydrogen-bond donors (Lipinski definition) is 2. The van der Waals surface area contributed by atoms with E-state index in [9.17, 15) is 29.7 Å². The number of nitrogens with zero attached hydrogens (tertiary/aromatic N) is 1. The number of carboxylic acid groups (broad SMARTS) is 3. The van der Waals surface area contributed by atoms with Gasteiger partial charge in [-0.05, 0) is 57.8 Å². The minimum Gasteiger partial charge on any atom is -0.550 e. The lowest BCUT2D eigenvalue weighted by atomic mass is 9.95. The summed E-state index contributed by atoms with van der Waals surface area (Å²) in [5.41, 5.74) is 0. The maximum atomic E-state index is 12.0. The predicted octanol–water partition coefficient (Wildman–Crippen LogP) is 8.79. The van der Waals surface area contributed by atoms with Gasteiger partial charge in [-0.1, -0.05) is 123 Å². The monoisotopic (exact) mass is 638 g/mol. The largest absolute Gasteiger partial charge is 0.550 e. The SMILES string of the molecule is CCCCCCCCCCCCCC/C=C/CCCCCCC[N+](CC(CC)C(=O)[O-])(CC(CC)C(=O)O)CC(CC)C(=O)O. The van der Waals surface area contributed by atoms with Crippen molar-refractivity contribution in [2.75, 3.05) is 26.2 Å². The van der Waals surface area contributed by atoms with E-state index in [1.807, 2.05) is 13.8 Å². The zero-order valence-electron chi connectivity index (χ0n) is 29.7. The topological polar surface area (TPSA) is 115 Å². The first-order valence-electron chi connectivity index (χ1n) is 18.8. The highest BCUT2D eigenvalue weighted by atomic mass is 16.4. The summed E-state index contributed by atoms with van der Waals surface area (Å²) in [6.45, 7) is 9.04. The molecular formula is C38H71NO6. The Morgan fingerprint density at radius 1 is 0.533 bits per heavy atom. The zero-order valence-corrected chi connectivity index (χ0v) is 29.7. The lowest BCUT2D eigenvalue weighted by molar-refractivity contribution is -0.935. The van der Waals surface area contributed by atoms with Crippen LogP contribution < -0.4 is 5.11 Å². The molecule has 0 aromatic heterocycles. The number of allylic oxidation sites excluding steroid dienone is 2. The van der Waals surface area contributed by atoms with Crippen LogP contribution in [0.1, 0.15) is 169 Å². The van der Waals surface area contributed by atoms with Crippen LogP contribution in [0.5, 0.6) is 0 Å². The third-order valence-corrected chi connectivity index (χ3v) is 9.73. The van der Waals surface area contributed by atoms with Crippen molar-refractivity contribution >= 4 is 17.9 Å². The predicted molar refractivity (Wildman–Crippen MR) is 184 cm³/mol. The smallest absolute Gasteiger partial charge is 0.312 e. The summed E-state index contributed by atoms with van der Waals surface area (Å²) in [4.78, 5) is 35.9. The molecule has 0 bridgehead atoms. The molecule has 45 heavy (non-hydrogen) atoms. The second-order valence-electron chi connectivity index (χ2n) is 13.6. The Kier molecular flexibility index (Phi) is 27.2. The Bertz CT molecular complexity index is 722. The number of aliphatic carboxylic acids is 3. The highest BCUT2D eigenvalue weighted by molar-refractivity contribution is 5.70. The Balaban J connectivity index is 4.54. The van der Waals surface area contributed by atoms with E-state index >= 15 is 0 Å². The molecule has 0 aromatic rings. The van der Waals surface area contributed by atoms with E-state index in [2.05, 4.69) is 19.1 Å². The first-order valence-corrected chi connectivity index (χ1v) is 18.8. The molecule has 0 radical (unpaired) electrons. The molecule has 0 fully saturated rings. The van der Waals surface area contributed by atoms with Gasteiger partial charge in [0, 0.05) is 5.92 Å². The molecule has 0 aromatic carbocycles. The Morgan fingerprint density at radius 2 is 0.867 bits per heavy atom. The van der Waals surface area contributed by atoms with Gasteiger partial charge in [-0.3, -0.25) is 9.59 Å². The normalized spacial score (nSPS) is 15.1. The summed E-state index contributed by atoms with van der Waals surface area (Å²) in [7, 11) is 0. The Hall–Kier alpha value is -1.89. The lowest BCUT2D eigenvalue weighted by Crippen LogP contribution is -2.59. The summed E-state index contributed by atoms with van der Waals surface area (Å²) in [6.07, 6.45) is 29.8. The van der Waals surface area contributed by atoms with Gasteiger partial charge < -0.3 is 24.6 Å². The fourth-order valence-corrected chi connectivity index (χ4v) is 6.61. The van der Waals surface area contributed by atoms with Gasteiger partial charge in [-0.15, -0.1) is 0 Å². The molecule has 3 unspecified atom stereocenters. The minimum atomic E-state index is -1.14. The van der Waals surface area contributed by atoms with Crippen LogP contribution in [0.25, 0.3) is 0 Å². The van der Waals surface area contributed by atoms with Crippen LogP contribution in [-0.4, -0.2) is 58.8 Å². The molecule has 7 nitrogen and oxygen atoms in total. The maximum absolute atomic E-state index is 12.0. The molecule has 0 saturated carbocycles. The van der Waals surface area contributed by atoms with Gasteiger partial charge in [0.15, 0.2) is 0 Å². The van der Waals surface area contributed by atoms with E-state index in [1.54, 1.807) is 6.92 Å². The second kappa shape index (κ2) is 28.3. The maximum Gasteiger partial charge on any atom is 0.312 e. The number of carbonyl (C=O) groups is 3. The van der Waals surface area contributed by atoms with Gasteiger partial charge in [0.25, 0.3) is 0 Å². The number of quaternary nitrogens is 1. The first-order chi connectivity index (χ1) is 21.7. The van der Waals surface area contributed by atoms with Crippen molar-refractivity contribution in [3.8, 4) is 0 Å². The van der Waals surface area contributed by atoms with E-state index in [0.29, 0.717) is 25.8 Å². The van der Waals surface area contributed by atoms with Crippen LogP contribution in [0.3, 0.4) is 0 Å². The summed E-state index contributed by atoms with van der Waals surface area (Å²) < 4.78 is 0.212. The van der Waals surface area contributed by atoms with E-state index in [-0.39, 0.29) is 24.1 Å². The molecule has 0 amide bonds. The van der Waals surface area contributed by atoms with Crippen LogP contribution >= 0.6 is 0 Å². The molecule has 0 aliphatic rings. The first kappa shape index (κ1) is 43.1. The van der Waals surface area contributed by atoms with Gasteiger partial charge >= 0.3 is 11.9 Å². The van der Waals surface area contributed by atoms with Crippen LogP contribution in [0.4, 0.5) is 0 Å².